The van der Waals surface area contributed by atoms with E-state index in [1.807, 2.05) is 6.07 Å². The van der Waals surface area contributed by atoms with Gasteiger partial charge in [0.1, 0.15) is 12.4 Å². The first-order valence-corrected chi connectivity index (χ1v) is 10.6. The minimum atomic E-state index is 0.572. The van der Waals surface area contributed by atoms with Crippen LogP contribution in [-0.2, 0) is 0 Å². The molecule has 0 radical (unpaired) electrons. The van der Waals surface area contributed by atoms with Crippen molar-refractivity contribution in [3.05, 3.63) is 64.1 Å². The quantitative estimate of drug-likeness (QED) is 0.703. The summed E-state index contributed by atoms with van der Waals surface area (Å²) < 4.78 is 5.81. The molecular formula is C22H26Cl2N2O. The van der Waals surface area contributed by atoms with E-state index in [2.05, 4.69) is 40.5 Å². The highest BCUT2D eigenvalue weighted by Crippen LogP contribution is 2.41. The Morgan fingerprint density at radius 3 is 2.56 bits per heavy atom. The van der Waals surface area contributed by atoms with Crippen LogP contribution in [0.4, 0.5) is 0 Å². The molecule has 0 unspecified atom stereocenters. The zero-order chi connectivity index (χ0) is 18.6. The molecule has 5 heteroatoms. The van der Waals surface area contributed by atoms with Crippen molar-refractivity contribution in [1.82, 2.24) is 10.2 Å². The Bertz CT molecular complexity index is 747. The standard InChI is InChI=1S/C22H26Cl2N2O/c23-17-6-7-22(20(24)14-17)27-13-12-26-10-8-18(9-11-26)25-21-15-19(21)16-4-2-1-3-5-16/h1-7,14,18-19,21,25H,8-13,15H2/t19-,21+/m0/s1. The summed E-state index contributed by atoms with van der Waals surface area (Å²) in [6.45, 7) is 3.83. The largest absolute Gasteiger partial charge is 0.491 e. The zero-order valence-corrected chi connectivity index (χ0v) is 16.9. The van der Waals surface area contributed by atoms with E-state index < -0.39 is 0 Å². The summed E-state index contributed by atoms with van der Waals surface area (Å²) in [6, 6.07) is 17.5. The Balaban J connectivity index is 1.15. The van der Waals surface area contributed by atoms with Gasteiger partial charge in [0, 0.05) is 29.6 Å². The predicted molar refractivity (Wildman–Crippen MR) is 112 cm³/mol. The molecule has 0 bridgehead atoms. The van der Waals surface area contributed by atoms with Gasteiger partial charge < -0.3 is 10.1 Å². The van der Waals surface area contributed by atoms with Crippen LogP contribution in [0.3, 0.4) is 0 Å². The van der Waals surface area contributed by atoms with E-state index in [1.54, 1.807) is 12.1 Å². The molecule has 1 N–H and O–H groups in total. The summed E-state index contributed by atoms with van der Waals surface area (Å²) in [6.07, 6.45) is 3.69. The van der Waals surface area contributed by atoms with Crippen molar-refractivity contribution in [3.8, 4) is 5.75 Å². The van der Waals surface area contributed by atoms with Crippen molar-refractivity contribution in [2.24, 2.45) is 0 Å². The number of likely N-dealkylation sites (tertiary alicyclic amines) is 1. The van der Waals surface area contributed by atoms with Crippen LogP contribution in [0.1, 0.15) is 30.7 Å². The van der Waals surface area contributed by atoms with E-state index in [4.69, 9.17) is 27.9 Å². The average Bonchev–Trinajstić information content (AvgIpc) is 3.45. The van der Waals surface area contributed by atoms with Crippen molar-refractivity contribution in [3.63, 3.8) is 0 Å². The number of ether oxygens (including phenoxy) is 1. The van der Waals surface area contributed by atoms with Crippen LogP contribution < -0.4 is 10.1 Å². The number of nitrogens with zero attached hydrogens (tertiary/aromatic N) is 1. The van der Waals surface area contributed by atoms with Gasteiger partial charge in [0.05, 0.1) is 5.02 Å². The fourth-order valence-corrected chi connectivity index (χ4v) is 4.41. The van der Waals surface area contributed by atoms with E-state index >= 15 is 0 Å². The molecule has 1 aliphatic carbocycles. The first kappa shape index (κ1) is 19.1. The van der Waals surface area contributed by atoms with Gasteiger partial charge in [-0.05, 0) is 56.1 Å². The summed E-state index contributed by atoms with van der Waals surface area (Å²) in [7, 11) is 0. The maximum absolute atomic E-state index is 6.15. The third-order valence-electron chi connectivity index (χ3n) is 5.61. The zero-order valence-electron chi connectivity index (χ0n) is 15.4. The van der Waals surface area contributed by atoms with E-state index in [9.17, 15) is 0 Å². The normalized spacial score (nSPS) is 23.3. The lowest BCUT2D eigenvalue weighted by Crippen LogP contribution is -2.44. The molecule has 1 saturated carbocycles. The molecule has 2 aromatic rings. The lowest BCUT2D eigenvalue weighted by molar-refractivity contribution is 0.164. The van der Waals surface area contributed by atoms with E-state index in [0.717, 1.165) is 19.6 Å². The maximum atomic E-state index is 6.15. The molecule has 3 nitrogen and oxygen atoms in total. The van der Waals surface area contributed by atoms with E-state index in [1.165, 1.54) is 24.8 Å². The van der Waals surface area contributed by atoms with Crippen molar-refractivity contribution < 1.29 is 4.74 Å². The summed E-state index contributed by atoms with van der Waals surface area (Å²) in [4.78, 5) is 2.48. The number of hydrogen-bond acceptors (Lipinski definition) is 3. The second-order valence-electron chi connectivity index (χ2n) is 7.57. The van der Waals surface area contributed by atoms with Crippen LogP contribution in [0, 0.1) is 0 Å². The lowest BCUT2D eigenvalue weighted by atomic mass is 10.0. The Morgan fingerprint density at radius 1 is 1.04 bits per heavy atom. The molecule has 0 spiro atoms. The molecule has 1 saturated heterocycles. The smallest absolute Gasteiger partial charge is 0.138 e. The van der Waals surface area contributed by atoms with Crippen molar-refractivity contribution in [1.29, 1.82) is 0 Å². The molecule has 1 heterocycles. The van der Waals surface area contributed by atoms with Gasteiger partial charge in [0.2, 0.25) is 0 Å². The van der Waals surface area contributed by atoms with E-state index in [-0.39, 0.29) is 0 Å². The number of piperidine rings is 1. The third-order valence-corrected chi connectivity index (χ3v) is 6.14. The van der Waals surface area contributed by atoms with Gasteiger partial charge >= 0.3 is 0 Å². The molecule has 27 heavy (non-hydrogen) atoms. The number of hydrogen-bond donors (Lipinski definition) is 1. The highest BCUT2D eigenvalue weighted by atomic mass is 35.5. The Labute approximate surface area is 171 Å². The number of rotatable bonds is 7. The van der Waals surface area contributed by atoms with Crippen LogP contribution in [0.2, 0.25) is 10.0 Å². The van der Waals surface area contributed by atoms with Crippen molar-refractivity contribution in [2.75, 3.05) is 26.2 Å². The van der Waals surface area contributed by atoms with Gasteiger partial charge in [-0.15, -0.1) is 0 Å². The minimum absolute atomic E-state index is 0.572. The van der Waals surface area contributed by atoms with Crippen LogP contribution >= 0.6 is 23.2 Å². The van der Waals surface area contributed by atoms with Crippen LogP contribution in [0.5, 0.6) is 5.75 Å². The van der Waals surface area contributed by atoms with Crippen LogP contribution in [0.15, 0.2) is 48.5 Å². The predicted octanol–water partition coefficient (Wildman–Crippen LogP) is 4.98. The first-order chi connectivity index (χ1) is 13.2. The molecule has 0 amide bonds. The third kappa shape index (κ3) is 5.17. The van der Waals surface area contributed by atoms with Crippen LogP contribution in [-0.4, -0.2) is 43.2 Å². The van der Waals surface area contributed by atoms with Gasteiger partial charge in [0.15, 0.2) is 0 Å². The average molecular weight is 405 g/mol. The summed E-state index contributed by atoms with van der Waals surface area (Å²) in [5.74, 6) is 1.42. The number of halogens is 2. The Morgan fingerprint density at radius 2 is 1.81 bits per heavy atom. The Hall–Kier alpha value is -1.26. The van der Waals surface area contributed by atoms with Crippen molar-refractivity contribution in [2.45, 2.75) is 37.3 Å². The lowest BCUT2D eigenvalue weighted by Gasteiger charge is -2.32. The highest BCUT2D eigenvalue weighted by Gasteiger charge is 2.39. The summed E-state index contributed by atoms with van der Waals surface area (Å²) >= 11 is 12.1. The second kappa shape index (κ2) is 8.83. The Kier molecular flexibility index (Phi) is 6.24. The SMILES string of the molecule is Clc1ccc(OCCN2CCC(N[C@@H]3C[C@H]3c3ccccc3)CC2)c(Cl)c1. The van der Waals surface area contributed by atoms with Gasteiger partial charge in [-0.2, -0.15) is 0 Å². The molecule has 2 fully saturated rings. The van der Waals surface area contributed by atoms with Gasteiger partial charge in [-0.1, -0.05) is 53.5 Å². The molecule has 4 rings (SSSR count). The fourth-order valence-electron chi connectivity index (χ4n) is 3.95. The molecule has 2 aliphatic rings. The van der Waals surface area contributed by atoms with Crippen molar-refractivity contribution >= 4 is 23.2 Å². The first-order valence-electron chi connectivity index (χ1n) is 9.80. The van der Waals surface area contributed by atoms with Gasteiger partial charge in [-0.25, -0.2) is 0 Å². The highest BCUT2D eigenvalue weighted by molar-refractivity contribution is 6.35. The van der Waals surface area contributed by atoms with Gasteiger partial charge in [-0.3, -0.25) is 4.90 Å². The number of benzene rings is 2. The van der Waals surface area contributed by atoms with Gasteiger partial charge in [0.25, 0.3) is 0 Å². The molecule has 144 valence electrons. The molecular weight excluding hydrogens is 379 g/mol. The number of nitrogens with one attached hydrogen (secondary N) is 1. The summed E-state index contributed by atoms with van der Waals surface area (Å²) in [5.41, 5.74) is 1.48. The topological polar surface area (TPSA) is 24.5 Å². The fraction of sp³-hybridized carbons (Fsp3) is 0.455. The molecule has 2 atom stereocenters. The molecule has 1 aliphatic heterocycles. The van der Waals surface area contributed by atoms with E-state index in [0.29, 0.717) is 40.4 Å². The summed E-state index contributed by atoms with van der Waals surface area (Å²) in [5, 5.41) is 5.07. The maximum Gasteiger partial charge on any atom is 0.138 e. The molecule has 0 aromatic heterocycles. The van der Waals surface area contributed by atoms with Crippen LogP contribution in [0.25, 0.3) is 0 Å². The second-order valence-corrected chi connectivity index (χ2v) is 8.41. The molecule has 2 aromatic carbocycles. The monoisotopic (exact) mass is 404 g/mol. The minimum Gasteiger partial charge on any atom is -0.491 e.